The average Bonchev–Trinajstić information content (AvgIpc) is 2.97. The van der Waals surface area contributed by atoms with Crippen molar-refractivity contribution in [1.82, 2.24) is 5.32 Å². The highest BCUT2D eigenvalue weighted by atomic mass is 31.2. The number of hydrogen-bond donors (Lipinski definition) is 2. The first-order valence-electron chi connectivity index (χ1n) is 18.6. The van der Waals surface area contributed by atoms with E-state index in [1.54, 1.807) is 6.08 Å². The van der Waals surface area contributed by atoms with Crippen molar-refractivity contribution in [3.05, 3.63) is 12.2 Å². The van der Waals surface area contributed by atoms with Gasteiger partial charge in [-0.3, -0.25) is 9.36 Å². The second-order valence-corrected chi connectivity index (χ2v) is 15.3. The van der Waals surface area contributed by atoms with Crippen LogP contribution in [0.5, 0.6) is 0 Å². The van der Waals surface area contributed by atoms with Crippen molar-refractivity contribution in [1.29, 1.82) is 0 Å². The van der Waals surface area contributed by atoms with Crippen molar-refractivity contribution in [2.45, 2.75) is 174 Å². The van der Waals surface area contributed by atoms with Gasteiger partial charge in [0, 0.05) is 6.42 Å². The maximum absolute atomic E-state index is 12.7. The van der Waals surface area contributed by atoms with E-state index in [1.165, 1.54) is 103 Å². The first-order valence-corrected chi connectivity index (χ1v) is 20.0. The van der Waals surface area contributed by atoms with Gasteiger partial charge in [0.15, 0.2) is 0 Å². The molecule has 0 heterocycles. The van der Waals surface area contributed by atoms with Crippen LogP contribution in [0.2, 0.25) is 0 Å². The Morgan fingerprint density at radius 3 is 1.67 bits per heavy atom. The summed E-state index contributed by atoms with van der Waals surface area (Å²) in [4.78, 5) is 25.0. The average molecular weight is 661 g/mol. The first kappa shape index (κ1) is 44.2. The lowest BCUT2D eigenvalue weighted by Crippen LogP contribution is -2.45. The van der Waals surface area contributed by atoms with E-state index in [4.69, 9.17) is 9.05 Å². The topological polar surface area (TPSA) is 108 Å². The number of nitrogens with zero attached hydrogens (tertiary/aromatic N) is 1. The molecule has 8 nitrogen and oxygen atoms in total. The quantitative estimate of drug-likeness (QED) is 0.0316. The van der Waals surface area contributed by atoms with Gasteiger partial charge >= 0.3 is 0 Å². The summed E-state index contributed by atoms with van der Waals surface area (Å²) < 4.78 is 23.0. The van der Waals surface area contributed by atoms with E-state index >= 15 is 0 Å². The monoisotopic (exact) mass is 661 g/mol. The Balaban J connectivity index is 4.51. The van der Waals surface area contributed by atoms with Crippen LogP contribution in [-0.2, 0) is 18.4 Å². The summed E-state index contributed by atoms with van der Waals surface area (Å²) in [5.41, 5.74) is 0. The highest BCUT2D eigenvalue weighted by molar-refractivity contribution is 7.45. The maximum atomic E-state index is 12.7. The molecule has 0 saturated carbocycles. The molecule has 0 aliphatic heterocycles. The molecule has 0 aliphatic rings. The zero-order chi connectivity index (χ0) is 33.7. The van der Waals surface area contributed by atoms with Crippen molar-refractivity contribution in [2.75, 3.05) is 40.9 Å². The summed E-state index contributed by atoms with van der Waals surface area (Å²) in [6, 6.07) is -0.876. The summed E-state index contributed by atoms with van der Waals surface area (Å²) in [6.07, 6.45) is 29.7. The van der Waals surface area contributed by atoms with Gasteiger partial charge in [-0.05, 0) is 19.3 Å². The van der Waals surface area contributed by atoms with Crippen molar-refractivity contribution < 1.29 is 32.9 Å². The molecule has 3 atom stereocenters. The Morgan fingerprint density at radius 2 is 1.20 bits per heavy atom. The van der Waals surface area contributed by atoms with E-state index in [0.29, 0.717) is 17.4 Å². The van der Waals surface area contributed by atoms with E-state index < -0.39 is 20.0 Å². The van der Waals surface area contributed by atoms with Crippen LogP contribution in [0, 0.1) is 0 Å². The number of carbonyl (C=O) groups excluding carboxylic acids is 1. The molecule has 0 bridgehead atoms. The number of quaternary nitrogens is 1. The van der Waals surface area contributed by atoms with Crippen molar-refractivity contribution in [3.8, 4) is 0 Å². The lowest BCUT2D eigenvalue weighted by molar-refractivity contribution is -0.870. The van der Waals surface area contributed by atoms with Crippen LogP contribution in [0.4, 0.5) is 0 Å². The molecule has 2 N–H and O–H groups in total. The number of unbranched alkanes of at least 4 members (excludes halogenated alkanes) is 20. The fourth-order valence-corrected chi connectivity index (χ4v) is 5.93. The van der Waals surface area contributed by atoms with E-state index in [9.17, 15) is 19.4 Å². The molecule has 0 aromatic rings. The van der Waals surface area contributed by atoms with Gasteiger partial charge in [0.2, 0.25) is 5.91 Å². The molecule has 0 aromatic carbocycles. The minimum atomic E-state index is -4.57. The molecule has 0 aliphatic carbocycles. The van der Waals surface area contributed by atoms with Crippen molar-refractivity contribution in [2.24, 2.45) is 0 Å². The van der Waals surface area contributed by atoms with Crippen LogP contribution < -0.4 is 10.2 Å². The Morgan fingerprint density at radius 1 is 0.756 bits per heavy atom. The standard InChI is InChI=1S/C36H73N2O6P/c1-6-8-10-12-14-16-17-18-19-20-21-22-23-25-27-29-35(39)34(33-44-45(41,42)43-32-31-38(3,4)5)37-36(40)30-28-26-24-15-13-11-9-7-2/h27,29,34-35,39H,6-26,28,30-33H2,1-5H3,(H-,37,40,41,42)/b29-27+. The summed E-state index contributed by atoms with van der Waals surface area (Å²) >= 11 is 0. The van der Waals surface area contributed by atoms with Gasteiger partial charge in [-0.2, -0.15) is 0 Å². The molecular weight excluding hydrogens is 587 g/mol. The third kappa shape index (κ3) is 31.6. The molecule has 0 rings (SSSR count). The van der Waals surface area contributed by atoms with Crippen molar-refractivity contribution in [3.63, 3.8) is 0 Å². The van der Waals surface area contributed by atoms with Gasteiger partial charge in [-0.1, -0.05) is 148 Å². The van der Waals surface area contributed by atoms with E-state index in [0.717, 1.165) is 38.5 Å². The number of amides is 1. The first-order chi connectivity index (χ1) is 21.5. The molecule has 0 saturated heterocycles. The van der Waals surface area contributed by atoms with E-state index in [1.807, 2.05) is 27.2 Å². The van der Waals surface area contributed by atoms with Gasteiger partial charge in [-0.15, -0.1) is 0 Å². The maximum Gasteiger partial charge on any atom is 0.268 e. The lowest BCUT2D eigenvalue weighted by atomic mass is 10.0. The van der Waals surface area contributed by atoms with Gasteiger partial charge in [-0.25, -0.2) is 0 Å². The van der Waals surface area contributed by atoms with Gasteiger partial charge in [0.1, 0.15) is 13.2 Å². The highest BCUT2D eigenvalue weighted by Crippen LogP contribution is 2.38. The van der Waals surface area contributed by atoms with Crippen LogP contribution in [0.15, 0.2) is 12.2 Å². The Labute approximate surface area is 278 Å². The fraction of sp³-hybridized carbons (Fsp3) is 0.917. The normalized spacial score (nSPS) is 14.9. The van der Waals surface area contributed by atoms with Crippen LogP contribution in [-0.4, -0.2) is 68.5 Å². The second kappa shape index (κ2) is 29.4. The zero-order valence-corrected chi connectivity index (χ0v) is 31.0. The third-order valence-corrected chi connectivity index (χ3v) is 9.21. The molecule has 0 spiro atoms. The number of likely N-dealkylation sites (N-methyl/N-ethyl adjacent to an activating group) is 1. The minimum Gasteiger partial charge on any atom is -0.756 e. The Kier molecular flexibility index (Phi) is 28.9. The number of carbonyl (C=O) groups is 1. The van der Waals surface area contributed by atoms with Crippen LogP contribution in [0.25, 0.3) is 0 Å². The molecule has 0 fully saturated rings. The van der Waals surface area contributed by atoms with Crippen LogP contribution in [0.1, 0.15) is 162 Å². The number of allylic oxidation sites excluding steroid dienone is 1. The number of aliphatic hydroxyl groups is 1. The largest absolute Gasteiger partial charge is 0.756 e. The zero-order valence-electron chi connectivity index (χ0n) is 30.1. The van der Waals surface area contributed by atoms with E-state index in [2.05, 4.69) is 19.2 Å². The third-order valence-electron chi connectivity index (χ3n) is 8.25. The SMILES string of the molecule is CCCCCCCCCCCCCCC/C=C/C(O)C(COP(=O)([O-])OCC[N+](C)(C)C)NC(=O)CCCCCCCCCC. The molecule has 3 unspecified atom stereocenters. The Hall–Kier alpha value is -0.760. The molecule has 0 radical (unpaired) electrons. The van der Waals surface area contributed by atoms with Gasteiger partial charge < -0.3 is 28.8 Å². The van der Waals surface area contributed by atoms with Gasteiger partial charge in [0.25, 0.3) is 7.82 Å². The van der Waals surface area contributed by atoms with Crippen LogP contribution >= 0.6 is 7.82 Å². The molecular formula is C36H73N2O6P. The smallest absolute Gasteiger partial charge is 0.268 e. The molecule has 0 aromatic heterocycles. The summed E-state index contributed by atoms with van der Waals surface area (Å²) in [5.74, 6) is -0.204. The fourth-order valence-electron chi connectivity index (χ4n) is 5.21. The number of phosphoric ester groups is 1. The number of rotatable bonds is 33. The number of phosphoric acid groups is 1. The number of aliphatic hydroxyl groups excluding tert-OH is 1. The summed E-state index contributed by atoms with van der Waals surface area (Å²) in [7, 11) is 1.26. The predicted octanol–water partition coefficient (Wildman–Crippen LogP) is 8.61. The number of nitrogens with one attached hydrogen (secondary N) is 1. The number of hydrogen-bond acceptors (Lipinski definition) is 6. The summed E-state index contributed by atoms with van der Waals surface area (Å²) in [5, 5.41) is 13.6. The summed E-state index contributed by atoms with van der Waals surface area (Å²) in [6.45, 7) is 4.59. The molecule has 45 heavy (non-hydrogen) atoms. The van der Waals surface area contributed by atoms with Crippen molar-refractivity contribution >= 4 is 13.7 Å². The molecule has 9 heteroatoms. The predicted molar refractivity (Wildman–Crippen MR) is 187 cm³/mol. The highest BCUT2D eigenvalue weighted by Gasteiger charge is 2.23. The van der Waals surface area contributed by atoms with Crippen LogP contribution in [0.3, 0.4) is 0 Å². The molecule has 1 amide bonds. The van der Waals surface area contributed by atoms with E-state index in [-0.39, 0.29) is 19.1 Å². The lowest BCUT2D eigenvalue weighted by Gasteiger charge is -2.29. The molecule has 268 valence electrons. The van der Waals surface area contributed by atoms with Gasteiger partial charge in [0.05, 0.1) is 39.9 Å². The minimum absolute atomic E-state index is 0.00132. The Bertz CT molecular complexity index is 758. The second-order valence-electron chi connectivity index (χ2n) is 13.9.